The van der Waals surface area contributed by atoms with Gasteiger partial charge in [-0.05, 0) is 38.1 Å². The number of hydrogen-bond acceptors (Lipinski definition) is 4. The summed E-state index contributed by atoms with van der Waals surface area (Å²) in [6.45, 7) is 5.48. The molecule has 0 spiro atoms. The summed E-state index contributed by atoms with van der Waals surface area (Å²) in [5, 5.41) is 11.2. The maximum atomic E-state index is 12.3. The number of amides is 2. The van der Waals surface area contributed by atoms with Gasteiger partial charge in [-0.1, -0.05) is 17.7 Å². The van der Waals surface area contributed by atoms with E-state index >= 15 is 0 Å². The number of carbonyl (C=O) groups is 1. The Morgan fingerprint density at radius 1 is 1.13 bits per heavy atom. The predicted molar refractivity (Wildman–Crippen MR) is 90.7 cm³/mol. The van der Waals surface area contributed by atoms with E-state index in [0.717, 1.165) is 30.3 Å². The number of rotatable bonds is 3. The summed E-state index contributed by atoms with van der Waals surface area (Å²) in [7, 11) is 1.83. The van der Waals surface area contributed by atoms with Crippen molar-refractivity contribution in [3.63, 3.8) is 0 Å². The minimum Gasteiger partial charge on any atom is -0.351 e. The smallest absolute Gasteiger partial charge is 0.321 e. The molecule has 1 aliphatic rings. The molecule has 0 bridgehead atoms. The molecule has 0 saturated carbocycles. The lowest BCUT2D eigenvalue weighted by atomic mass is 10.1. The topological polar surface area (TPSA) is 61.4 Å². The van der Waals surface area contributed by atoms with Crippen LogP contribution in [0.5, 0.6) is 0 Å². The van der Waals surface area contributed by atoms with Crippen molar-refractivity contribution in [1.29, 1.82) is 0 Å². The monoisotopic (exact) mass is 311 g/mol. The summed E-state index contributed by atoms with van der Waals surface area (Å²) < 4.78 is 0. The number of urea groups is 1. The van der Waals surface area contributed by atoms with E-state index < -0.39 is 0 Å². The van der Waals surface area contributed by atoms with Crippen LogP contribution in [0.4, 0.5) is 16.3 Å². The largest absolute Gasteiger partial charge is 0.351 e. The molecule has 0 unspecified atom stereocenters. The number of aryl methyl sites for hydroxylation is 2. The highest BCUT2D eigenvalue weighted by Crippen LogP contribution is 2.21. The van der Waals surface area contributed by atoms with Crippen LogP contribution in [0.2, 0.25) is 0 Å². The summed E-state index contributed by atoms with van der Waals surface area (Å²) in [6, 6.07) is 11.8. The lowest BCUT2D eigenvalue weighted by molar-refractivity contribution is 0.191. The molecule has 6 heteroatoms. The van der Waals surface area contributed by atoms with Gasteiger partial charge in [0.1, 0.15) is 0 Å². The van der Waals surface area contributed by atoms with Crippen LogP contribution in [-0.4, -0.2) is 47.3 Å². The molecule has 2 heterocycles. The van der Waals surface area contributed by atoms with Crippen molar-refractivity contribution in [2.75, 3.05) is 30.4 Å². The van der Waals surface area contributed by atoms with E-state index in [4.69, 9.17) is 0 Å². The zero-order valence-corrected chi connectivity index (χ0v) is 13.7. The third-order valence-corrected chi connectivity index (χ3v) is 4.14. The molecule has 2 amide bonds. The molecule has 3 rings (SSSR count). The van der Waals surface area contributed by atoms with Crippen LogP contribution in [0.1, 0.15) is 11.3 Å². The van der Waals surface area contributed by atoms with Crippen LogP contribution < -0.4 is 10.2 Å². The Morgan fingerprint density at radius 3 is 2.43 bits per heavy atom. The minimum absolute atomic E-state index is 0.0894. The number of hydrogen-bond donors (Lipinski definition) is 1. The van der Waals surface area contributed by atoms with E-state index in [2.05, 4.69) is 20.4 Å². The Balaban J connectivity index is 1.53. The summed E-state index contributed by atoms with van der Waals surface area (Å²) in [5.74, 6) is 0.860. The van der Waals surface area contributed by atoms with E-state index in [1.165, 1.54) is 5.56 Å². The molecule has 120 valence electrons. The second kappa shape index (κ2) is 6.24. The quantitative estimate of drug-likeness (QED) is 0.946. The molecule has 0 atom stereocenters. The zero-order chi connectivity index (χ0) is 16.4. The highest BCUT2D eigenvalue weighted by molar-refractivity contribution is 5.89. The molecule has 2 aromatic rings. The summed E-state index contributed by atoms with van der Waals surface area (Å²) in [5.41, 5.74) is 2.89. The molecule has 6 nitrogen and oxygen atoms in total. The van der Waals surface area contributed by atoms with Crippen LogP contribution in [-0.2, 0) is 0 Å². The lowest BCUT2D eigenvalue weighted by Crippen LogP contribution is -2.60. The van der Waals surface area contributed by atoms with Gasteiger partial charge in [0.25, 0.3) is 0 Å². The molecule has 23 heavy (non-hydrogen) atoms. The minimum atomic E-state index is -0.0894. The van der Waals surface area contributed by atoms with Crippen molar-refractivity contribution in [1.82, 2.24) is 15.1 Å². The molecule has 1 N–H and O–H groups in total. The Morgan fingerprint density at radius 2 is 1.83 bits per heavy atom. The fourth-order valence-electron chi connectivity index (χ4n) is 2.46. The second-order valence-corrected chi connectivity index (χ2v) is 6.00. The summed E-state index contributed by atoms with van der Waals surface area (Å²) in [4.78, 5) is 16.2. The van der Waals surface area contributed by atoms with Gasteiger partial charge in [-0.2, -0.15) is 5.10 Å². The number of aromatic nitrogens is 2. The molecular formula is C17H21N5O. The summed E-state index contributed by atoms with van der Waals surface area (Å²) in [6.07, 6.45) is 0. The molecule has 0 aliphatic carbocycles. The van der Waals surface area contributed by atoms with Crippen LogP contribution in [0.3, 0.4) is 0 Å². The van der Waals surface area contributed by atoms with Crippen molar-refractivity contribution in [2.24, 2.45) is 0 Å². The fourth-order valence-corrected chi connectivity index (χ4v) is 2.46. The van der Waals surface area contributed by atoms with Gasteiger partial charge in [-0.3, -0.25) is 0 Å². The Labute approximate surface area is 136 Å². The highest BCUT2D eigenvalue weighted by Gasteiger charge is 2.33. The van der Waals surface area contributed by atoms with Gasteiger partial charge in [0, 0.05) is 25.8 Å². The molecule has 1 saturated heterocycles. The molecule has 1 aliphatic heterocycles. The number of carbonyl (C=O) groups excluding carboxylic acids is 1. The number of likely N-dealkylation sites (N-methyl/N-ethyl adjacent to an activating group) is 1. The first kappa shape index (κ1) is 15.3. The second-order valence-electron chi connectivity index (χ2n) is 6.00. The van der Waals surface area contributed by atoms with Crippen molar-refractivity contribution < 1.29 is 4.79 Å². The number of benzene rings is 1. The van der Waals surface area contributed by atoms with Crippen LogP contribution in [0, 0.1) is 13.8 Å². The van der Waals surface area contributed by atoms with E-state index in [-0.39, 0.29) is 12.1 Å². The molecule has 1 aromatic heterocycles. The SMILES string of the molecule is Cc1ccc(NC(=O)N(C)C2CN(c3ccc(C)nn3)C2)cc1. The average molecular weight is 311 g/mol. The van der Waals surface area contributed by atoms with Crippen molar-refractivity contribution in [3.05, 3.63) is 47.7 Å². The van der Waals surface area contributed by atoms with E-state index in [9.17, 15) is 4.79 Å². The first-order chi connectivity index (χ1) is 11.0. The molecule has 1 fully saturated rings. The highest BCUT2D eigenvalue weighted by atomic mass is 16.2. The summed E-state index contributed by atoms with van der Waals surface area (Å²) >= 11 is 0. The van der Waals surface area contributed by atoms with E-state index in [1.807, 2.05) is 57.3 Å². The van der Waals surface area contributed by atoms with Crippen LogP contribution >= 0.6 is 0 Å². The van der Waals surface area contributed by atoms with Gasteiger partial charge in [-0.25, -0.2) is 4.79 Å². The van der Waals surface area contributed by atoms with Gasteiger partial charge in [0.15, 0.2) is 5.82 Å². The number of nitrogens with zero attached hydrogens (tertiary/aromatic N) is 4. The van der Waals surface area contributed by atoms with Gasteiger partial charge in [0.05, 0.1) is 11.7 Å². The molecular weight excluding hydrogens is 290 g/mol. The standard InChI is InChI=1S/C17H21N5O/c1-12-4-7-14(8-5-12)18-17(23)21(3)15-10-22(11-15)16-9-6-13(2)19-20-16/h4-9,15H,10-11H2,1-3H3,(H,18,23). The zero-order valence-electron chi connectivity index (χ0n) is 13.7. The fraction of sp³-hybridized carbons (Fsp3) is 0.353. The van der Waals surface area contributed by atoms with E-state index in [1.54, 1.807) is 4.90 Å². The van der Waals surface area contributed by atoms with Crippen LogP contribution in [0.25, 0.3) is 0 Å². The average Bonchev–Trinajstić information content (AvgIpc) is 2.50. The molecule has 1 aromatic carbocycles. The third-order valence-electron chi connectivity index (χ3n) is 4.14. The van der Waals surface area contributed by atoms with Gasteiger partial charge in [0.2, 0.25) is 0 Å². The van der Waals surface area contributed by atoms with Crippen molar-refractivity contribution in [2.45, 2.75) is 19.9 Å². The Kier molecular flexibility index (Phi) is 4.14. The maximum Gasteiger partial charge on any atom is 0.321 e. The van der Waals surface area contributed by atoms with Gasteiger partial charge in [-0.15, -0.1) is 5.10 Å². The van der Waals surface area contributed by atoms with E-state index in [0.29, 0.717) is 0 Å². The van der Waals surface area contributed by atoms with Gasteiger partial charge >= 0.3 is 6.03 Å². The maximum absolute atomic E-state index is 12.3. The number of anilines is 2. The molecule has 0 radical (unpaired) electrons. The number of nitrogens with one attached hydrogen (secondary N) is 1. The normalized spacial score (nSPS) is 14.3. The first-order valence-corrected chi connectivity index (χ1v) is 7.68. The third kappa shape index (κ3) is 3.41. The first-order valence-electron chi connectivity index (χ1n) is 7.68. The van der Waals surface area contributed by atoms with Crippen molar-refractivity contribution >= 4 is 17.5 Å². The van der Waals surface area contributed by atoms with Gasteiger partial charge < -0.3 is 15.1 Å². The van der Waals surface area contributed by atoms with Crippen molar-refractivity contribution in [3.8, 4) is 0 Å². The Bertz CT molecular complexity index is 677. The lowest BCUT2D eigenvalue weighted by Gasteiger charge is -2.44. The predicted octanol–water partition coefficient (Wildman–Crippen LogP) is 2.45. The Hall–Kier alpha value is -2.63. The van der Waals surface area contributed by atoms with Crippen LogP contribution in [0.15, 0.2) is 36.4 Å².